The minimum atomic E-state index is -4.42. The molecule has 0 fully saturated rings. The zero-order valence-electron chi connectivity index (χ0n) is 11.2. The average Bonchev–Trinajstić information content (AvgIpc) is 2.40. The minimum Gasteiger partial charge on any atom is -0.345 e. The number of halogens is 3. The van der Waals surface area contributed by atoms with Crippen LogP contribution < -0.4 is 5.32 Å². The van der Waals surface area contributed by atoms with Crippen LogP contribution in [0.2, 0.25) is 0 Å². The van der Waals surface area contributed by atoms with Crippen LogP contribution in [0.15, 0.2) is 24.3 Å². The number of hydrogen-bond acceptors (Lipinski definition) is 1. The number of unbranched alkanes of at least 4 members (excludes halogenated alkanes) is 1. The highest BCUT2D eigenvalue weighted by atomic mass is 19.4. The summed E-state index contributed by atoms with van der Waals surface area (Å²) in [4.78, 5) is 11.3. The van der Waals surface area contributed by atoms with E-state index in [0.717, 1.165) is 18.9 Å². The fraction of sp³-hybridized carbons (Fsp3) is 0.400. The van der Waals surface area contributed by atoms with Crippen LogP contribution in [0.4, 0.5) is 13.2 Å². The van der Waals surface area contributed by atoms with E-state index in [9.17, 15) is 18.0 Å². The van der Waals surface area contributed by atoms with Crippen molar-refractivity contribution in [1.82, 2.24) is 5.32 Å². The van der Waals surface area contributed by atoms with Crippen LogP contribution >= 0.6 is 0 Å². The molecule has 0 saturated carbocycles. The first-order chi connectivity index (χ1) is 9.45. The number of carbonyl (C=O) groups excluding carboxylic acids is 1. The maximum atomic E-state index is 12.7. The number of nitrogens with one attached hydrogen (secondary N) is 1. The first-order valence-corrected chi connectivity index (χ1v) is 6.37. The van der Waals surface area contributed by atoms with E-state index < -0.39 is 11.7 Å². The Morgan fingerprint density at radius 2 is 2.00 bits per heavy atom. The summed E-state index contributed by atoms with van der Waals surface area (Å²) in [5, 5.41) is 2.55. The lowest BCUT2D eigenvalue weighted by molar-refractivity contribution is -0.137. The molecule has 5 heteroatoms. The van der Waals surface area contributed by atoms with Gasteiger partial charge in [0.1, 0.15) is 0 Å². The third-order valence-electron chi connectivity index (χ3n) is 2.59. The molecular formula is C15H16F3NO. The molecule has 1 N–H and O–H groups in total. The molecular weight excluding hydrogens is 267 g/mol. The molecule has 0 aliphatic rings. The van der Waals surface area contributed by atoms with E-state index >= 15 is 0 Å². The fourth-order valence-corrected chi connectivity index (χ4v) is 1.55. The lowest BCUT2D eigenvalue weighted by atomic mass is 10.1. The van der Waals surface area contributed by atoms with Gasteiger partial charge in [-0.1, -0.05) is 37.3 Å². The highest BCUT2D eigenvalue weighted by Crippen LogP contribution is 2.31. The van der Waals surface area contributed by atoms with Gasteiger partial charge in [-0.3, -0.25) is 4.79 Å². The largest absolute Gasteiger partial charge is 0.417 e. The number of hydrogen-bond donors (Lipinski definition) is 1. The Morgan fingerprint density at radius 1 is 1.30 bits per heavy atom. The maximum Gasteiger partial charge on any atom is 0.417 e. The van der Waals surface area contributed by atoms with Gasteiger partial charge in [-0.2, -0.15) is 13.2 Å². The van der Waals surface area contributed by atoms with Gasteiger partial charge in [0.2, 0.25) is 5.91 Å². The highest BCUT2D eigenvalue weighted by Gasteiger charge is 2.32. The van der Waals surface area contributed by atoms with Gasteiger partial charge in [-0.25, -0.2) is 0 Å². The fourth-order valence-electron chi connectivity index (χ4n) is 1.55. The quantitative estimate of drug-likeness (QED) is 0.843. The standard InChI is InChI=1S/C15H16F3NO/c1-2-3-10-14(20)19-11-6-8-12-7-4-5-9-13(12)15(16,17)18/h4-5,7,9H,2-3,10-11H2,1H3,(H,19,20). The predicted molar refractivity (Wildman–Crippen MR) is 70.9 cm³/mol. The zero-order valence-corrected chi connectivity index (χ0v) is 11.2. The molecule has 0 spiro atoms. The van der Waals surface area contributed by atoms with E-state index in [1.165, 1.54) is 18.2 Å². The Hall–Kier alpha value is -1.96. The van der Waals surface area contributed by atoms with Gasteiger partial charge < -0.3 is 5.32 Å². The van der Waals surface area contributed by atoms with Crippen molar-refractivity contribution < 1.29 is 18.0 Å². The SMILES string of the molecule is CCCCC(=O)NCC#Cc1ccccc1C(F)(F)F. The lowest BCUT2D eigenvalue weighted by Gasteiger charge is -2.08. The third kappa shape index (κ3) is 5.35. The molecule has 0 saturated heterocycles. The molecule has 0 unspecified atom stereocenters. The van der Waals surface area contributed by atoms with Crippen molar-refractivity contribution in [3.63, 3.8) is 0 Å². The Bertz CT molecular complexity index is 512. The lowest BCUT2D eigenvalue weighted by Crippen LogP contribution is -2.23. The molecule has 0 aliphatic heterocycles. The molecule has 0 aromatic heterocycles. The van der Waals surface area contributed by atoms with E-state index in [0.29, 0.717) is 6.42 Å². The van der Waals surface area contributed by atoms with Gasteiger partial charge in [0.05, 0.1) is 12.1 Å². The van der Waals surface area contributed by atoms with E-state index in [2.05, 4.69) is 17.2 Å². The summed E-state index contributed by atoms with van der Waals surface area (Å²) >= 11 is 0. The van der Waals surface area contributed by atoms with Crippen molar-refractivity contribution in [2.45, 2.75) is 32.4 Å². The van der Waals surface area contributed by atoms with Gasteiger partial charge in [-0.05, 0) is 18.6 Å². The Labute approximate surface area is 116 Å². The molecule has 0 aliphatic carbocycles. The van der Waals surface area contributed by atoms with Crippen LogP contribution in [0, 0.1) is 11.8 Å². The van der Waals surface area contributed by atoms with Crippen LogP contribution in [0.1, 0.15) is 37.3 Å². The average molecular weight is 283 g/mol. The van der Waals surface area contributed by atoms with E-state index in [-0.39, 0.29) is 18.0 Å². The van der Waals surface area contributed by atoms with Crippen molar-refractivity contribution in [3.05, 3.63) is 35.4 Å². The topological polar surface area (TPSA) is 29.1 Å². The number of benzene rings is 1. The molecule has 0 heterocycles. The summed E-state index contributed by atoms with van der Waals surface area (Å²) in [6, 6.07) is 5.12. The molecule has 0 bridgehead atoms. The Morgan fingerprint density at radius 3 is 2.65 bits per heavy atom. The van der Waals surface area contributed by atoms with Gasteiger partial charge in [0.15, 0.2) is 0 Å². The summed E-state index contributed by atoms with van der Waals surface area (Å²) in [5.74, 6) is 4.85. The smallest absolute Gasteiger partial charge is 0.345 e. The normalized spacial score (nSPS) is 10.6. The van der Waals surface area contributed by atoms with Crippen molar-refractivity contribution in [2.24, 2.45) is 0 Å². The molecule has 2 nitrogen and oxygen atoms in total. The van der Waals surface area contributed by atoms with Crippen molar-refractivity contribution in [3.8, 4) is 11.8 Å². The van der Waals surface area contributed by atoms with Gasteiger partial charge >= 0.3 is 6.18 Å². The summed E-state index contributed by atoms with van der Waals surface area (Å²) in [6.07, 6.45) is -2.30. The summed E-state index contributed by atoms with van der Waals surface area (Å²) < 4.78 is 38.1. The molecule has 1 aromatic rings. The van der Waals surface area contributed by atoms with Crippen LogP contribution in [0.3, 0.4) is 0 Å². The second kappa shape index (κ2) is 7.59. The predicted octanol–water partition coefficient (Wildman–Crippen LogP) is 3.36. The number of rotatable bonds is 4. The third-order valence-corrected chi connectivity index (χ3v) is 2.59. The number of alkyl halides is 3. The first kappa shape index (κ1) is 16.1. The zero-order chi connectivity index (χ0) is 15.0. The van der Waals surface area contributed by atoms with Crippen molar-refractivity contribution >= 4 is 5.91 Å². The van der Waals surface area contributed by atoms with Crippen LogP contribution in [0.5, 0.6) is 0 Å². The number of amides is 1. The molecule has 20 heavy (non-hydrogen) atoms. The molecule has 108 valence electrons. The van der Waals surface area contributed by atoms with Crippen molar-refractivity contribution in [2.75, 3.05) is 6.54 Å². The summed E-state index contributed by atoms with van der Waals surface area (Å²) in [5.41, 5.74) is -0.840. The van der Waals surface area contributed by atoms with Crippen LogP contribution in [-0.2, 0) is 11.0 Å². The van der Waals surface area contributed by atoms with Gasteiger partial charge in [-0.15, -0.1) is 0 Å². The molecule has 0 radical (unpaired) electrons. The molecule has 1 amide bonds. The summed E-state index contributed by atoms with van der Waals surface area (Å²) in [7, 11) is 0. The van der Waals surface area contributed by atoms with Crippen molar-refractivity contribution in [1.29, 1.82) is 0 Å². The van der Waals surface area contributed by atoms with E-state index in [1.54, 1.807) is 0 Å². The van der Waals surface area contributed by atoms with E-state index in [1.807, 2.05) is 6.92 Å². The maximum absolute atomic E-state index is 12.7. The van der Waals surface area contributed by atoms with Crippen LogP contribution in [0.25, 0.3) is 0 Å². The summed E-state index contributed by atoms with van der Waals surface area (Å²) in [6.45, 7) is 2.02. The Kier molecular flexibility index (Phi) is 6.10. The van der Waals surface area contributed by atoms with Gasteiger partial charge in [0, 0.05) is 12.0 Å². The van der Waals surface area contributed by atoms with Crippen LogP contribution in [-0.4, -0.2) is 12.5 Å². The number of carbonyl (C=O) groups is 1. The minimum absolute atomic E-state index is 0.0503. The second-order valence-electron chi connectivity index (χ2n) is 4.23. The van der Waals surface area contributed by atoms with E-state index in [4.69, 9.17) is 0 Å². The molecule has 1 aromatic carbocycles. The second-order valence-corrected chi connectivity index (χ2v) is 4.23. The monoisotopic (exact) mass is 283 g/mol. The molecule has 1 rings (SSSR count). The molecule has 0 atom stereocenters. The first-order valence-electron chi connectivity index (χ1n) is 6.37. The highest BCUT2D eigenvalue weighted by molar-refractivity contribution is 5.76. The Balaban J connectivity index is 2.62. The van der Waals surface area contributed by atoms with Gasteiger partial charge in [0.25, 0.3) is 0 Å².